The maximum atomic E-state index is 11.5. The summed E-state index contributed by atoms with van der Waals surface area (Å²) in [7, 11) is 2.05. The lowest BCUT2D eigenvalue weighted by molar-refractivity contribution is -0.139. The zero-order valence-electron chi connectivity index (χ0n) is 12.6. The van der Waals surface area contributed by atoms with Crippen LogP contribution in [0.15, 0.2) is 0 Å². The van der Waals surface area contributed by atoms with Gasteiger partial charge in [0.25, 0.3) is 0 Å². The van der Waals surface area contributed by atoms with Crippen molar-refractivity contribution in [3.63, 3.8) is 0 Å². The second-order valence-electron chi connectivity index (χ2n) is 5.08. The van der Waals surface area contributed by atoms with E-state index in [0.29, 0.717) is 12.6 Å². The van der Waals surface area contributed by atoms with Gasteiger partial charge in [-0.2, -0.15) is 0 Å². The van der Waals surface area contributed by atoms with Crippen molar-refractivity contribution in [2.45, 2.75) is 45.2 Å². The Morgan fingerprint density at radius 3 is 2.40 bits per heavy atom. The van der Waals surface area contributed by atoms with Gasteiger partial charge in [0.2, 0.25) is 0 Å². The molecule has 0 aromatic heterocycles. The molecule has 4 N–H and O–H groups in total. The summed E-state index contributed by atoms with van der Waals surface area (Å²) in [6.07, 6.45) is 1.80. The molecule has 7 nitrogen and oxygen atoms in total. The first-order chi connectivity index (χ1) is 9.38. The SMILES string of the molecule is CC(C)N(C)CCCCNC(=O)NC(CCO)C(=O)O. The number of unbranched alkanes of at least 4 members (excludes halogenated alkanes) is 1. The van der Waals surface area contributed by atoms with Gasteiger partial charge in [0.1, 0.15) is 6.04 Å². The summed E-state index contributed by atoms with van der Waals surface area (Å²) in [5.74, 6) is -1.15. The van der Waals surface area contributed by atoms with Crippen LogP contribution in [0.3, 0.4) is 0 Å². The highest BCUT2D eigenvalue weighted by molar-refractivity contribution is 5.82. The first-order valence-corrected chi connectivity index (χ1v) is 6.96. The number of carboxylic acid groups (broad SMARTS) is 1. The maximum Gasteiger partial charge on any atom is 0.326 e. The van der Waals surface area contributed by atoms with E-state index in [0.717, 1.165) is 19.4 Å². The molecule has 0 rings (SSSR count). The predicted octanol–water partition coefficient (Wildman–Crippen LogP) is 0.242. The zero-order chi connectivity index (χ0) is 15.5. The van der Waals surface area contributed by atoms with E-state index in [1.807, 2.05) is 0 Å². The van der Waals surface area contributed by atoms with Crippen LogP contribution in [0.1, 0.15) is 33.1 Å². The van der Waals surface area contributed by atoms with Gasteiger partial charge in [-0.15, -0.1) is 0 Å². The van der Waals surface area contributed by atoms with Crippen molar-refractivity contribution >= 4 is 12.0 Å². The number of aliphatic hydroxyl groups is 1. The van der Waals surface area contributed by atoms with E-state index in [1.54, 1.807) is 0 Å². The number of aliphatic hydroxyl groups excluding tert-OH is 1. The highest BCUT2D eigenvalue weighted by Gasteiger charge is 2.18. The number of hydrogen-bond acceptors (Lipinski definition) is 4. The molecule has 0 spiro atoms. The molecule has 0 aliphatic carbocycles. The zero-order valence-corrected chi connectivity index (χ0v) is 12.6. The molecule has 0 saturated heterocycles. The van der Waals surface area contributed by atoms with E-state index in [2.05, 4.69) is 36.4 Å². The molecule has 0 fully saturated rings. The molecule has 0 aliphatic heterocycles. The molecule has 0 aliphatic rings. The van der Waals surface area contributed by atoms with Gasteiger partial charge in [-0.3, -0.25) is 0 Å². The molecule has 0 radical (unpaired) electrons. The fraction of sp³-hybridized carbons (Fsp3) is 0.846. The Hall–Kier alpha value is -1.34. The van der Waals surface area contributed by atoms with Crippen LogP contribution in [0.2, 0.25) is 0 Å². The largest absolute Gasteiger partial charge is 0.480 e. The first kappa shape index (κ1) is 18.7. The number of carbonyl (C=O) groups is 2. The predicted molar refractivity (Wildman–Crippen MR) is 76.7 cm³/mol. The van der Waals surface area contributed by atoms with Gasteiger partial charge in [-0.1, -0.05) is 0 Å². The number of amides is 2. The standard InChI is InChI=1S/C13H27N3O4/c1-10(2)16(3)8-5-4-7-14-13(20)15-11(6-9-17)12(18)19/h10-11,17H,4-9H2,1-3H3,(H,18,19)(H2,14,15,20). The van der Waals surface area contributed by atoms with Gasteiger partial charge < -0.3 is 25.7 Å². The average molecular weight is 289 g/mol. The van der Waals surface area contributed by atoms with Crippen molar-refractivity contribution in [2.75, 3.05) is 26.7 Å². The second-order valence-corrected chi connectivity index (χ2v) is 5.08. The second kappa shape index (κ2) is 10.4. The van der Waals surface area contributed by atoms with Crippen LogP contribution in [-0.4, -0.2) is 65.9 Å². The lowest BCUT2D eigenvalue weighted by Crippen LogP contribution is -2.46. The number of hydrogen-bond donors (Lipinski definition) is 4. The average Bonchev–Trinajstić information content (AvgIpc) is 2.37. The van der Waals surface area contributed by atoms with Crippen molar-refractivity contribution in [3.05, 3.63) is 0 Å². The number of rotatable bonds is 10. The number of carbonyl (C=O) groups excluding carboxylic acids is 1. The van der Waals surface area contributed by atoms with Crippen molar-refractivity contribution in [2.24, 2.45) is 0 Å². The topological polar surface area (TPSA) is 102 Å². The lowest BCUT2D eigenvalue weighted by atomic mass is 10.2. The monoisotopic (exact) mass is 289 g/mol. The summed E-state index contributed by atoms with van der Waals surface area (Å²) in [4.78, 5) is 24.5. The van der Waals surface area contributed by atoms with Crippen LogP contribution < -0.4 is 10.6 Å². The van der Waals surface area contributed by atoms with Crippen LogP contribution in [0, 0.1) is 0 Å². The Labute approximate surface area is 120 Å². The van der Waals surface area contributed by atoms with Crippen molar-refractivity contribution in [1.29, 1.82) is 0 Å². The molecule has 0 saturated carbocycles. The summed E-state index contributed by atoms with van der Waals surface area (Å²) in [5, 5.41) is 22.4. The number of aliphatic carboxylic acids is 1. The quantitative estimate of drug-likeness (QED) is 0.432. The minimum absolute atomic E-state index is 0.00192. The van der Waals surface area contributed by atoms with Crippen LogP contribution in [0.5, 0.6) is 0 Å². The van der Waals surface area contributed by atoms with Gasteiger partial charge >= 0.3 is 12.0 Å². The lowest BCUT2D eigenvalue weighted by Gasteiger charge is -2.20. The highest BCUT2D eigenvalue weighted by atomic mass is 16.4. The van der Waals surface area contributed by atoms with Crippen molar-refractivity contribution < 1.29 is 19.8 Å². The number of carboxylic acids is 1. The molecule has 7 heteroatoms. The Balaban J connectivity index is 3.75. The summed E-state index contributed by atoms with van der Waals surface area (Å²) in [6, 6.07) is -1.06. The van der Waals surface area contributed by atoms with E-state index in [1.165, 1.54) is 0 Å². The van der Waals surface area contributed by atoms with Crippen LogP contribution in [-0.2, 0) is 4.79 Å². The fourth-order valence-corrected chi connectivity index (χ4v) is 1.54. The smallest absolute Gasteiger partial charge is 0.326 e. The van der Waals surface area contributed by atoms with E-state index >= 15 is 0 Å². The van der Waals surface area contributed by atoms with Gasteiger partial charge in [0.05, 0.1) is 0 Å². The molecule has 118 valence electrons. The van der Waals surface area contributed by atoms with Gasteiger partial charge in [0.15, 0.2) is 0 Å². The van der Waals surface area contributed by atoms with Crippen molar-refractivity contribution in [3.8, 4) is 0 Å². The highest BCUT2D eigenvalue weighted by Crippen LogP contribution is 1.97. The third kappa shape index (κ3) is 8.71. The molecule has 0 bridgehead atoms. The summed E-state index contributed by atoms with van der Waals surface area (Å²) < 4.78 is 0. The van der Waals surface area contributed by atoms with E-state index < -0.39 is 18.0 Å². The molecule has 2 amide bonds. The van der Waals surface area contributed by atoms with E-state index in [4.69, 9.17) is 10.2 Å². The normalized spacial score (nSPS) is 12.5. The van der Waals surface area contributed by atoms with Gasteiger partial charge in [0, 0.05) is 25.6 Å². The minimum atomic E-state index is -1.15. The van der Waals surface area contributed by atoms with E-state index in [-0.39, 0.29) is 13.0 Å². The summed E-state index contributed by atoms with van der Waals surface area (Å²) >= 11 is 0. The molecule has 20 heavy (non-hydrogen) atoms. The first-order valence-electron chi connectivity index (χ1n) is 6.96. The summed E-state index contributed by atoms with van der Waals surface area (Å²) in [6.45, 7) is 5.43. The third-order valence-electron chi connectivity index (χ3n) is 3.13. The summed E-state index contributed by atoms with van der Waals surface area (Å²) in [5.41, 5.74) is 0. The van der Waals surface area contributed by atoms with Crippen LogP contribution in [0.4, 0.5) is 4.79 Å². The maximum absolute atomic E-state index is 11.5. The van der Waals surface area contributed by atoms with Crippen molar-refractivity contribution in [1.82, 2.24) is 15.5 Å². The Bertz CT molecular complexity index is 297. The minimum Gasteiger partial charge on any atom is -0.480 e. The molecule has 0 heterocycles. The van der Waals surface area contributed by atoms with Gasteiger partial charge in [-0.05, 0) is 40.3 Å². The third-order valence-corrected chi connectivity index (χ3v) is 3.13. The molecule has 0 aromatic carbocycles. The Kier molecular flexibility index (Phi) is 9.75. The number of urea groups is 1. The fourth-order valence-electron chi connectivity index (χ4n) is 1.54. The molecule has 0 aromatic rings. The number of nitrogens with zero attached hydrogens (tertiary/aromatic N) is 1. The van der Waals surface area contributed by atoms with E-state index in [9.17, 15) is 9.59 Å². The van der Waals surface area contributed by atoms with Crippen LogP contribution in [0.25, 0.3) is 0 Å². The molecular weight excluding hydrogens is 262 g/mol. The molecule has 1 atom stereocenters. The Morgan fingerprint density at radius 1 is 1.25 bits per heavy atom. The molecular formula is C13H27N3O4. The molecule has 1 unspecified atom stereocenters. The van der Waals surface area contributed by atoms with Gasteiger partial charge in [-0.25, -0.2) is 9.59 Å². The Morgan fingerprint density at radius 2 is 1.90 bits per heavy atom. The number of nitrogens with one attached hydrogen (secondary N) is 2. The van der Waals surface area contributed by atoms with Crippen LogP contribution >= 0.6 is 0 Å².